The summed E-state index contributed by atoms with van der Waals surface area (Å²) in [5.74, 6) is 0.883. The Morgan fingerprint density at radius 3 is 2.00 bits per heavy atom. The predicted octanol–water partition coefficient (Wildman–Crippen LogP) is 9.77. The Kier molecular flexibility index (Phi) is 12.3. The lowest BCUT2D eigenvalue weighted by Gasteiger charge is -2.48. The molecule has 3 heteroatoms. The number of hydrogen-bond acceptors (Lipinski definition) is 3. The summed E-state index contributed by atoms with van der Waals surface area (Å²) in [4.78, 5) is 12.5. The first-order valence-electron chi connectivity index (χ1n) is 14.2. The molecule has 0 amide bonds. The van der Waals surface area contributed by atoms with Gasteiger partial charge in [0.05, 0.1) is 6.08 Å². The average Bonchev–Trinajstić information content (AvgIpc) is 2.76. The van der Waals surface area contributed by atoms with E-state index in [1.54, 1.807) is 6.08 Å². The average molecular weight is 497 g/mol. The fourth-order valence-corrected chi connectivity index (χ4v) is 5.47. The van der Waals surface area contributed by atoms with Gasteiger partial charge < -0.3 is 9.47 Å². The Morgan fingerprint density at radius 1 is 0.889 bits per heavy atom. The van der Waals surface area contributed by atoms with E-state index in [9.17, 15) is 4.79 Å². The zero-order valence-corrected chi connectivity index (χ0v) is 24.4. The van der Waals surface area contributed by atoms with Crippen molar-refractivity contribution in [2.75, 3.05) is 0 Å². The molecule has 2 aliphatic rings. The Balaban J connectivity index is 1.83. The van der Waals surface area contributed by atoms with Crippen LogP contribution < -0.4 is 0 Å². The molecule has 0 N–H and O–H groups in total. The number of esters is 1. The molecule has 3 atom stereocenters. The maximum absolute atomic E-state index is 12.5. The van der Waals surface area contributed by atoms with Gasteiger partial charge in [0.1, 0.15) is 5.76 Å². The topological polar surface area (TPSA) is 35.5 Å². The third-order valence-electron chi connectivity index (χ3n) is 7.64. The highest BCUT2D eigenvalue weighted by Crippen LogP contribution is 2.47. The van der Waals surface area contributed by atoms with Gasteiger partial charge in [-0.15, -0.1) is 0 Å². The van der Waals surface area contributed by atoms with Crippen molar-refractivity contribution < 1.29 is 14.3 Å². The fraction of sp³-hybridized carbons (Fsp3) is 0.667. The summed E-state index contributed by atoms with van der Waals surface area (Å²) in [7, 11) is 0. The lowest BCUT2D eigenvalue weighted by atomic mass is 9.72. The Morgan fingerprint density at radius 2 is 1.44 bits per heavy atom. The quantitative estimate of drug-likeness (QED) is 0.199. The van der Waals surface area contributed by atoms with Gasteiger partial charge in [0, 0.05) is 18.8 Å². The third kappa shape index (κ3) is 10.1. The van der Waals surface area contributed by atoms with Crippen molar-refractivity contribution in [2.24, 2.45) is 17.8 Å². The summed E-state index contributed by atoms with van der Waals surface area (Å²) in [5, 5.41) is 0. The summed E-state index contributed by atoms with van der Waals surface area (Å²) in [6.07, 6.45) is 21.2. The monoisotopic (exact) mass is 496 g/mol. The second-order valence-corrected chi connectivity index (χ2v) is 11.9. The molecule has 2 rings (SSSR count). The van der Waals surface area contributed by atoms with Crippen LogP contribution >= 0.6 is 0 Å². The Bertz CT molecular complexity index is 879. The SMILES string of the molecule is CC(C)=CCC/C(C)=C/CC/C(C)=C/CC/C(C)=C/CC1=CC(=O)O[C@@]2(C[C@H](C)CC[C@H]2C(C)C)O1. The second kappa shape index (κ2) is 14.6. The summed E-state index contributed by atoms with van der Waals surface area (Å²) >= 11 is 0. The minimum atomic E-state index is -0.785. The van der Waals surface area contributed by atoms with Gasteiger partial charge in [0.2, 0.25) is 0 Å². The van der Waals surface area contributed by atoms with Gasteiger partial charge >= 0.3 is 5.97 Å². The number of allylic oxidation sites excluding steroid dienone is 8. The first kappa shape index (κ1) is 30.2. The van der Waals surface area contributed by atoms with Crippen molar-refractivity contribution in [3.05, 3.63) is 58.4 Å². The van der Waals surface area contributed by atoms with Gasteiger partial charge in [-0.25, -0.2) is 4.79 Å². The highest BCUT2D eigenvalue weighted by Gasteiger charge is 2.51. The van der Waals surface area contributed by atoms with Gasteiger partial charge in [-0.05, 0) is 97.8 Å². The molecule has 1 saturated carbocycles. The number of hydrogen-bond donors (Lipinski definition) is 0. The normalized spacial score (nSPS) is 25.5. The van der Waals surface area contributed by atoms with E-state index < -0.39 is 5.79 Å². The van der Waals surface area contributed by atoms with E-state index in [-0.39, 0.29) is 11.9 Å². The lowest BCUT2D eigenvalue weighted by Crippen LogP contribution is -2.52. The van der Waals surface area contributed by atoms with Crippen LogP contribution in [-0.2, 0) is 14.3 Å². The molecular weight excluding hydrogens is 444 g/mol. The van der Waals surface area contributed by atoms with Gasteiger partial charge in [-0.1, -0.05) is 67.4 Å². The zero-order chi connectivity index (χ0) is 26.7. The molecule has 0 aromatic carbocycles. The molecule has 0 unspecified atom stereocenters. The van der Waals surface area contributed by atoms with Crippen LogP contribution in [0.25, 0.3) is 0 Å². The van der Waals surface area contributed by atoms with Crippen LogP contribution in [-0.4, -0.2) is 11.8 Å². The second-order valence-electron chi connectivity index (χ2n) is 11.9. The van der Waals surface area contributed by atoms with Crippen molar-refractivity contribution in [3.63, 3.8) is 0 Å². The Labute approximate surface area is 221 Å². The van der Waals surface area contributed by atoms with Gasteiger partial charge in [0.15, 0.2) is 0 Å². The highest BCUT2D eigenvalue weighted by atomic mass is 16.7. The smallest absolute Gasteiger partial charge is 0.337 e. The molecule has 36 heavy (non-hydrogen) atoms. The molecule has 1 aliphatic carbocycles. The summed E-state index contributed by atoms with van der Waals surface area (Å²) in [6, 6.07) is 0. The van der Waals surface area contributed by atoms with Crippen LogP contribution in [0.5, 0.6) is 0 Å². The summed E-state index contributed by atoms with van der Waals surface area (Å²) in [5.41, 5.74) is 5.69. The molecular formula is C33H52O3. The van der Waals surface area contributed by atoms with Gasteiger partial charge in [-0.3, -0.25) is 0 Å². The molecule has 1 heterocycles. The van der Waals surface area contributed by atoms with Crippen LogP contribution in [0.2, 0.25) is 0 Å². The predicted molar refractivity (Wildman–Crippen MR) is 152 cm³/mol. The summed E-state index contributed by atoms with van der Waals surface area (Å²) in [6.45, 7) is 17.6. The lowest BCUT2D eigenvalue weighted by molar-refractivity contribution is -0.268. The maximum Gasteiger partial charge on any atom is 0.337 e. The van der Waals surface area contributed by atoms with Crippen LogP contribution in [0.1, 0.15) is 120 Å². The Hall–Kier alpha value is -2.03. The molecule has 0 aromatic heterocycles. The third-order valence-corrected chi connectivity index (χ3v) is 7.64. The van der Waals surface area contributed by atoms with Crippen molar-refractivity contribution in [3.8, 4) is 0 Å². The molecule has 0 bridgehead atoms. The number of rotatable bonds is 12. The molecule has 3 nitrogen and oxygen atoms in total. The molecule has 202 valence electrons. The number of ether oxygens (including phenoxy) is 2. The van der Waals surface area contributed by atoms with Crippen molar-refractivity contribution in [1.82, 2.24) is 0 Å². The van der Waals surface area contributed by atoms with Gasteiger partial charge in [0.25, 0.3) is 5.79 Å². The molecule has 1 aliphatic heterocycles. The van der Waals surface area contributed by atoms with E-state index in [2.05, 4.69) is 79.7 Å². The first-order valence-corrected chi connectivity index (χ1v) is 14.2. The summed E-state index contributed by atoms with van der Waals surface area (Å²) < 4.78 is 12.4. The van der Waals surface area contributed by atoms with Gasteiger partial charge in [-0.2, -0.15) is 0 Å². The van der Waals surface area contributed by atoms with Crippen molar-refractivity contribution in [1.29, 1.82) is 0 Å². The van der Waals surface area contributed by atoms with E-state index >= 15 is 0 Å². The van der Waals surface area contributed by atoms with E-state index in [1.165, 1.54) is 28.7 Å². The molecule has 1 fully saturated rings. The molecule has 1 spiro atoms. The zero-order valence-electron chi connectivity index (χ0n) is 24.4. The van der Waals surface area contributed by atoms with Crippen LogP contribution in [0.15, 0.2) is 58.4 Å². The van der Waals surface area contributed by atoms with Crippen LogP contribution in [0.3, 0.4) is 0 Å². The van der Waals surface area contributed by atoms with Crippen molar-refractivity contribution in [2.45, 2.75) is 125 Å². The van der Waals surface area contributed by atoms with Crippen LogP contribution in [0.4, 0.5) is 0 Å². The maximum atomic E-state index is 12.5. The standard InChI is InChI=1S/C33H52O3/c1-24(2)12-9-13-26(5)14-10-15-27(6)16-11-17-28(7)18-20-30-22-32(34)36-33(35-30)23-29(8)19-21-31(33)25(3)4/h12,14,16,18,22,25,29,31H,9-11,13,15,17,19-21,23H2,1-8H3/b26-14+,27-16+,28-18+/t29-,31+,33-/m1/s1. The largest absolute Gasteiger partial charge is 0.456 e. The fourth-order valence-electron chi connectivity index (χ4n) is 5.47. The first-order chi connectivity index (χ1) is 17.0. The minimum Gasteiger partial charge on any atom is -0.456 e. The number of carbonyl (C=O) groups is 1. The van der Waals surface area contributed by atoms with E-state index in [1.807, 2.05) is 0 Å². The van der Waals surface area contributed by atoms with Crippen LogP contribution in [0, 0.1) is 17.8 Å². The van der Waals surface area contributed by atoms with E-state index in [0.29, 0.717) is 18.3 Å². The molecule has 0 radical (unpaired) electrons. The molecule has 0 aromatic rings. The number of carbonyl (C=O) groups excluding carboxylic acids is 1. The van der Waals surface area contributed by atoms with E-state index in [4.69, 9.17) is 9.47 Å². The van der Waals surface area contributed by atoms with Crippen molar-refractivity contribution >= 4 is 5.97 Å². The van der Waals surface area contributed by atoms with E-state index in [0.717, 1.165) is 57.1 Å². The molecule has 0 saturated heterocycles. The minimum absolute atomic E-state index is 0.246. The highest BCUT2D eigenvalue weighted by molar-refractivity contribution is 5.83.